The van der Waals surface area contributed by atoms with Gasteiger partial charge in [0.15, 0.2) is 16.4 Å². The first-order valence-corrected chi connectivity index (χ1v) is 12.0. The van der Waals surface area contributed by atoms with Crippen molar-refractivity contribution in [1.82, 2.24) is 19.5 Å². The summed E-state index contributed by atoms with van der Waals surface area (Å²) in [4.78, 5) is 30.8. The zero-order valence-corrected chi connectivity index (χ0v) is 19.5. The first-order valence-electron chi connectivity index (χ1n) is 10.3. The lowest BCUT2D eigenvalue weighted by Gasteiger charge is -2.33. The number of nitrogens with one attached hydrogen (secondary N) is 1. The molecular weight excluding hydrogens is 436 g/mol. The summed E-state index contributed by atoms with van der Waals surface area (Å²) in [6, 6.07) is -0.0271. The van der Waals surface area contributed by atoms with Crippen LogP contribution in [0.1, 0.15) is 46.1 Å². The van der Waals surface area contributed by atoms with E-state index in [0.29, 0.717) is 33.4 Å². The van der Waals surface area contributed by atoms with Crippen LogP contribution in [0.3, 0.4) is 0 Å². The Bertz CT molecular complexity index is 1080. The summed E-state index contributed by atoms with van der Waals surface area (Å²) >= 11 is 4.90. The van der Waals surface area contributed by atoms with Gasteiger partial charge in [0.05, 0.1) is 24.7 Å². The van der Waals surface area contributed by atoms with Crippen LogP contribution in [-0.2, 0) is 11.2 Å². The van der Waals surface area contributed by atoms with Gasteiger partial charge in [0, 0.05) is 6.04 Å². The summed E-state index contributed by atoms with van der Waals surface area (Å²) in [5.41, 5.74) is 1.15. The number of aromatic nitrogens is 4. The highest BCUT2D eigenvalue weighted by Crippen LogP contribution is 2.36. The predicted molar refractivity (Wildman–Crippen MR) is 127 cm³/mol. The van der Waals surface area contributed by atoms with E-state index in [9.17, 15) is 9.35 Å². The highest BCUT2D eigenvalue weighted by atomic mass is 35.5. The standard InChI is InChI=1S/C21H27ClN6O2S/c1-5-16(31(30)6-2)11-23-13(3)10-24-18-20(29)28(14(4)15-8-7-9-15)19-17(26-18)12-25-21(22)27-19/h5,11-12,14-15H,3,6-10H2,1-2,4H3,(H,24,26)/b16-5+,23-11-/t14-,31?/m0/s1. The van der Waals surface area contributed by atoms with Crippen molar-refractivity contribution in [2.24, 2.45) is 10.9 Å². The molecule has 2 aromatic rings. The van der Waals surface area contributed by atoms with E-state index in [2.05, 4.69) is 31.8 Å². The van der Waals surface area contributed by atoms with Gasteiger partial charge >= 0.3 is 0 Å². The second-order valence-electron chi connectivity index (χ2n) is 7.42. The van der Waals surface area contributed by atoms with Crippen LogP contribution in [-0.4, -0.2) is 42.6 Å². The Kier molecular flexibility index (Phi) is 7.85. The van der Waals surface area contributed by atoms with Gasteiger partial charge in [-0.05, 0) is 68.4 Å². The van der Waals surface area contributed by atoms with E-state index in [1.54, 1.807) is 16.9 Å². The third-order valence-electron chi connectivity index (χ3n) is 5.49. The molecule has 2 atom stereocenters. The molecular formula is C21H27ClN6O2S. The van der Waals surface area contributed by atoms with Crippen molar-refractivity contribution in [1.29, 1.82) is 0 Å². The Hall–Kier alpha value is -2.23. The smallest absolute Gasteiger partial charge is 0.295 e. The van der Waals surface area contributed by atoms with Crippen LogP contribution in [0, 0.1) is 5.92 Å². The minimum atomic E-state index is -1.09. The Morgan fingerprint density at radius 3 is 2.87 bits per heavy atom. The maximum atomic E-state index is 13.3. The predicted octanol–water partition coefficient (Wildman–Crippen LogP) is 3.87. The van der Waals surface area contributed by atoms with E-state index in [-0.39, 0.29) is 29.2 Å². The van der Waals surface area contributed by atoms with Gasteiger partial charge in [0.1, 0.15) is 11.3 Å². The van der Waals surface area contributed by atoms with Crippen molar-refractivity contribution in [3.63, 3.8) is 0 Å². The first kappa shape index (κ1) is 23.4. The number of aliphatic imine (C=N–C) groups is 1. The fraction of sp³-hybridized carbons (Fsp3) is 0.476. The molecule has 0 spiro atoms. The molecule has 1 aliphatic rings. The molecule has 2 heterocycles. The molecule has 0 aliphatic heterocycles. The summed E-state index contributed by atoms with van der Waals surface area (Å²) in [5, 5.41) is 3.11. The van der Waals surface area contributed by atoms with Crippen LogP contribution in [0.2, 0.25) is 5.28 Å². The number of fused-ring (bicyclic) bond motifs is 1. The van der Waals surface area contributed by atoms with Gasteiger partial charge in [-0.15, -0.1) is 0 Å². The number of anilines is 1. The minimum Gasteiger partial charge on any atom is -0.611 e. The molecule has 8 nitrogen and oxygen atoms in total. The molecule has 2 aromatic heterocycles. The molecule has 1 N–H and O–H groups in total. The molecule has 1 saturated carbocycles. The molecule has 0 aromatic carbocycles. The number of nitrogens with zero attached hydrogens (tertiary/aromatic N) is 5. The third-order valence-corrected chi connectivity index (χ3v) is 7.06. The zero-order valence-electron chi connectivity index (χ0n) is 18.0. The van der Waals surface area contributed by atoms with E-state index in [0.717, 1.165) is 12.8 Å². The zero-order chi connectivity index (χ0) is 22.5. The summed E-state index contributed by atoms with van der Waals surface area (Å²) in [7, 11) is 0. The number of allylic oxidation sites excluding steroid dienone is 2. The van der Waals surface area contributed by atoms with Crippen LogP contribution in [0.4, 0.5) is 5.82 Å². The van der Waals surface area contributed by atoms with Crippen LogP contribution in [0.15, 0.2) is 39.2 Å². The normalized spacial score (nSPS) is 17.0. The van der Waals surface area contributed by atoms with Crippen LogP contribution >= 0.6 is 11.6 Å². The molecule has 0 bridgehead atoms. The quantitative estimate of drug-likeness (QED) is 0.344. The number of hydrogen-bond acceptors (Lipinski definition) is 7. The van der Waals surface area contributed by atoms with Crippen LogP contribution < -0.4 is 10.9 Å². The van der Waals surface area contributed by atoms with Gasteiger partial charge in [0.2, 0.25) is 5.28 Å². The van der Waals surface area contributed by atoms with Crippen LogP contribution in [0.5, 0.6) is 0 Å². The SMILES string of the molecule is C=C(CNc1nc2cnc(Cl)nc2n([C@@H](C)C2CCC2)c1=O)/N=C\C(=C/C)[S+]([O-])CC. The summed E-state index contributed by atoms with van der Waals surface area (Å²) in [6.45, 7) is 9.81. The highest BCUT2D eigenvalue weighted by Gasteiger charge is 2.28. The molecule has 1 unspecified atom stereocenters. The fourth-order valence-electron chi connectivity index (χ4n) is 3.42. The van der Waals surface area contributed by atoms with Crippen molar-refractivity contribution < 1.29 is 4.55 Å². The first-order chi connectivity index (χ1) is 14.8. The van der Waals surface area contributed by atoms with Gasteiger partial charge in [-0.3, -0.25) is 14.4 Å². The average molecular weight is 463 g/mol. The molecule has 0 saturated heterocycles. The monoisotopic (exact) mass is 462 g/mol. The molecule has 10 heteroatoms. The lowest BCUT2D eigenvalue weighted by molar-refractivity contribution is 0.222. The van der Waals surface area contributed by atoms with Crippen molar-refractivity contribution in [3.8, 4) is 0 Å². The van der Waals surface area contributed by atoms with Crippen LogP contribution in [0.25, 0.3) is 11.2 Å². The van der Waals surface area contributed by atoms with Gasteiger partial charge in [-0.1, -0.05) is 13.0 Å². The van der Waals surface area contributed by atoms with Gasteiger partial charge in [-0.25, -0.2) is 9.97 Å². The van der Waals surface area contributed by atoms with Crippen molar-refractivity contribution in [3.05, 3.63) is 45.1 Å². The van der Waals surface area contributed by atoms with E-state index in [1.807, 2.05) is 20.8 Å². The van der Waals surface area contributed by atoms with E-state index < -0.39 is 11.2 Å². The van der Waals surface area contributed by atoms with Gasteiger partial charge in [-0.2, -0.15) is 4.98 Å². The maximum Gasteiger partial charge on any atom is 0.295 e. The van der Waals surface area contributed by atoms with Crippen molar-refractivity contribution >= 4 is 46.0 Å². The Labute approximate surface area is 189 Å². The molecule has 1 aliphatic carbocycles. The minimum absolute atomic E-state index is 0.0271. The molecule has 31 heavy (non-hydrogen) atoms. The average Bonchev–Trinajstić information content (AvgIpc) is 2.71. The van der Waals surface area contributed by atoms with Crippen molar-refractivity contribution in [2.45, 2.75) is 46.1 Å². The number of hydrogen-bond donors (Lipinski definition) is 1. The van der Waals surface area contributed by atoms with Gasteiger partial charge in [0.25, 0.3) is 5.56 Å². The third kappa shape index (κ3) is 5.34. The molecule has 0 amide bonds. The fourth-order valence-corrected chi connectivity index (χ4v) is 4.32. The summed E-state index contributed by atoms with van der Waals surface area (Å²) in [6.07, 6.45) is 8.16. The molecule has 0 radical (unpaired) electrons. The summed E-state index contributed by atoms with van der Waals surface area (Å²) in [5.74, 6) is 1.12. The van der Waals surface area contributed by atoms with E-state index in [4.69, 9.17) is 11.6 Å². The lowest BCUT2D eigenvalue weighted by atomic mass is 9.80. The van der Waals surface area contributed by atoms with Crippen molar-refractivity contribution in [2.75, 3.05) is 17.6 Å². The maximum absolute atomic E-state index is 13.3. The Balaban J connectivity index is 1.85. The second-order valence-corrected chi connectivity index (χ2v) is 9.50. The summed E-state index contributed by atoms with van der Waals surface area (Å²) < 4.78 is 13.6. The molecule has 1 fully saturated rings. The topological polar surface area (TPSA) is 108 Å². The Morgan fingerprint density at radius 1 is 1.52 bits per heavy atom. The lowest BCUT2D eigenvalue weighted by Crippen LogP contribution is -2.34. The van der Waals surface area contributed by atoms with E-state index in [1.165, 1.54) is 12.6 Å². The molecule has 166 valence electrons. The number of rotatable bonds is 9. The van der Waals surface area contributed by atoms with E-state index >= 15 is 0 Å². The highest BCUT2D eigenvalue weighted by molar-refractivity contribution is 7.96. The second kappa shape index (κ2) is 10.4. The molecule has 3 rings (SSSR count). The largest absolute Gasteiger partial charge is 0.611 e. The van der Waals surface area contributed by atoms with Gasteiger partial charge < -0.3 is 9.87 Å². The number of halogens is 1. The Morgan fingerprint density at radius 2 is 2.26 bits per heavy atom.